The van der Waals surface area contributed by atoms with E-state index in [2.05, 4.69) is 0 Å². The number of rotatable bonds is 3. The zero-order chi connectivity index (χ0) is 10.6. The molecule has 0 amide bonds. The van der Waals surface area contributed by atoms with Gasteiger partial charge in [0.1, 0.15) is 12.4 Å². The number of hydrogen-bond donors (Lipinski definition) is 0. The molecule has 0 aliphatic rings. The molecule has 0 aliphatic carbocycles. The Kier molecular flexibility index (Phi) is 4.30. The van der Waals surface area contributed by atoms with E-state index in [1.54, 1.807) is 6.07 Å². The molecule has 0 unspecified atom stereocenters. The van der Waals surface area contributed by atoms with Crippen LogP contribution in [0.1, 0.15) is 12.5 Å². The zero-order valence-electron chi connectivity index (χ0n) is 8.18. The summed E-state index contributed by atoms with van der Waals surface area (Å²) in [7, 11) is 0. The first-order valence-corrected chi connectivity index (χ1v) is 5.09. The first kappa shape index (κ1) is 11.4. The van der Waals surface area contributed by atoms with E-state index < -0.39 is 0 Å². The molecule has 0 N–H and O–H groups in total. The predicted octanol–water partition coefficient (Wildman–Crippen LogP) is 4.17. The van der Waals surface area contributed by atoms with Crippen molar-refractivity contribution in [2.45, 2.75) is 13.8 Å². The number of hydrogen-bond acceptors (Lipinski definition) is 1. The third-order valence-electron chi connectivity index (χ3n) is 1.79. The van der Waals surface area contributed by atoms with Gasteiger partial charge in [0.05, 0.1) is 0 Å². The van der Waals surface area contributed by atoms with Crippen molar-refractivity contribution >= 4 is 23.2 Å². The van der Waals surface area contributed by atoms with E-state index in [1.807, 2.05) is 26.0 Å². The summed E-state index contributed by atoms with van der Waals surface area (Å²) in [6.07, 6.45) is 0. The van der Waals surface area contributed by atoms with E-state index in [0.717, 1.165) is 16.9 Å². The van der Waals surface area contributed by atoms with Crippen molar-refractivity contribution < 1.29 is 4.74 Å². The van der Waals surface area contributed by atoms with Crippen LogP contribution in [0.3, 0.4) is 0 Å². The standard InChI is InChI=1S/C11H12Cl2O/c1-8(6-12)7-14-11-5-10(13)4-3-9(11)2/h3-6H,7H2,1-2H3/b8-6-. The fourth-order valence-corrected chi connectivity index (χ4v) is 1.18. The van der Waals surface area contributed by atoms with Crippen LogP contribution in [0.4, 0.5) is 0 Å². The quantitative estimate of drug-likeness (QED) is 0.758. The summed E-state index contributed by atoms with van der Waals surface area (Å²) < 4.78 is 5.53. The Bertz CT molecular complexity index is 345. The van der Waals surface area contributed by atoms with Gasteiger partial charge < -0.3 is 4.74 Å². The first-order valence-electron chi connectivity index (χ1n) is 4.28. The molecule has 0 fully saturated rings. The van der Waals surface area contributed by atoms with Gasteiger partial charge in [-0.05, 0) is 37.1 Å². The van der Waals surface area contributed by atoms with Gasteiger partial charge in [-0.15, -0.1) is 0 Å². The lowest BCUT2D eigenvalue weighted by Gasteiger charge is -2.08. The lowest BCUT2D eigenvalue weighted by Crippen LogP contribution is -1.99. The Morgan fingerprint density at radius 2 is 2.21 bits per heavy atom. The minimum atomic E-state index is 0.491. The Morgan fingerprint density at radius 3 is 2.86 bits per heavy atom. The van der Waals surface area contributed by atoms with Crippen molar-refractivity contribution in [2.75, 3.05) is 6.61 Å². The molecule has 0 aromatic heterocycles. The van der Waals surface area contributed by atoms with Crippen molar-refractivity contribution in [1.82, 2.24) is 0 Å². The third kappa shape index (κ3) is 3.24. The monoisotopic (exact) mass is 230 g/mol. The number of aryl methyl sites for hydroxylation is 1. The van der Waals surface area contributed by atoms with Gasteiger partial charge in [0, 0.05) is 10.6 Å². The smallest absolute Gasteiger partial charge is 0.124 e. The maximum absolute atomic E-state index is 5.85. The topological polar surface area (TPSA) is 9.23 Å². The van der Waals surface area contributed by atoms with Crippen molar-refractivity contribution in [1.29, 1.82) is 0 Å². The molecule has 1 nitrogen and oxygen atoms in total. The fraction of sp³-hybridized carbons (Fsp3) is 0.273. The van der Waals surface area contributed by atoms with Gasteiger partial charge in [-0.3, -0.25) is 0 Å². The maximum Gasteiger partial charge on any atom is 0.124 e. The van der Waals surface area contributed by atoms with E-state index in [1.165, 1.54) is 5.54 Å². The highest BCUT2D eigenvalue weighted by Crippen LogP contribution is 2.22. The van der Waals surface area contributed by atoms with Crippen LogP contribution in [-0.4, -0.2) is 6.61 Å². The summed E-state index contributed by atoms with van der Waals surface area (Å²) in [5.74, 6) is 0.801. The molecule has 1 aromatic rings. The minimum absolute atomic E-state index is 0.491. The van der Waals surface area contributed by atoms with E-state index >= 15 is 0 Å². The highest BCUT2D eigenvalue weighted by molar-refractivity contribution is 6.30. The largest absolute Gasteiger partial charge is 0.489 e. The number of halogens is 2. The van der Waals surface area contributed by atoms with Crippen LogP contribution in [0.15, 0.2) is 29.3 Å². The molecule has 76 valence electrons. The molecule has 0 spiro atoms. The molecular weight excluding hydrogens is 219 g/mol. The molecule has 0 radical (unpaired) electrons. The maximum atomic E-state index is 5.85. The van der Waals surface area contributed by atoms with Gasteiger partial charge in [0.2, 0.25) is 0 Å². The van der Waals surface area contributed by atoms with Crippen LogP contribution in [0.5, 0.6) is 5.75 Å². The molecule has 1 aromatic carbocycles. The van der Waals surface area contributed by atoms with Gasteiger partial charge in [-0.25, -0.2) is 0 Å². The summed E-state index contributed by atoms with van der Waals surface area (Å²) in [5, 5.41) is 0.679. The Balaban J connectivity index is 2.71. The Labute approximate surface area is 94.3 Å². The molecule has 0 heterocycles. The molecular formula is C11H12Cl2O. The summed E-state index contributed by atoms with van der Waals surface area (Å²) in [6, 6.07) is 5.57. The normalized spacial score (nSPS) is 11.6. The SMILES string of the molecule is C/C(=C/Cl)COc1cc(Cl)ccc1C. The van der Waals surface area contributed by atoms with Crippen LogP contribution < -0.4 is 4.74 Å². The lowest BCUT2D eigenvalue weighted by molar-refractivity contribution is 0.350. The lowest BCUT2D eigenvalue weighted by atomic mass is 10.2. The van der Waals surface area contributed by atoms with Gasteiger partial charge in [0.25, 0.3) is 0 Å². The van der Waals surface area contributed by atoms with Crippen LogP contribution in [0.25, 0.3) is 0 Å². The van der Waals surface area contributed by atoms with E-state index in [-0.39, 0.29) is 0 Å². The highest BCUT2D eigenvalue weighted by Gasteiger charge is 2.00. The van der Waals surface area contributed by atoms with E-state index in [0.29, 0.717) is 11.6 Å². The number of benzene rings is 1. The molecule has 1 rings (SSSR count). The van der Waals surface area contributed by atoms with Crippen LogP contribution >= 0.6 is 23.2 Å². The summed E-state index contributed by atoms with van der Waals surface area (Å²) in [4.78, 5) is 0. The average Bonchev–Trinajstić information content (AvgIpc) is 2.19. The van der Waals surface area contributed by atoms with Gasteiger partial charge in [-0.1, -0.05) is 29.3 Å². The van der Waals surface area contributed by atoms with Crippen LogP contribution in [0.2, 0.25) is 5.02 Å². The van der Waals surface area contributed by atoms with Gasteiger partial charge in [0.15, 0.2) is 0 Å². The second-order valence-corrected chi connectivity index (χ2v) is 3.81. The van der Waals surface area contributed by atoms with Gasteiger partial charge >= 0.3 is 0 Å². The predicted molar refractivity (Wildman–Crippen MR) is 61.3 cm³/mol. The minimum Gasteiger partial charge on any atom is -0.489 e. The molecule has 0 saturated heterocycles. The van der Waals surface area contributed by atoms with Crippen molar-refractivity contribution in [3.63, 3.8) is 0 Å². The van der Waals surface area contributed by atoms with Crippen molar-refractivity contribution in [3.8, 4) is 5.75 Å². The molecule has 0 bridgehead atoms. The Hall–Kier alpha value is -0.660. The average molecular weight is 231 g/mol. The summed E-state index contributed by atoms with van der Waals surface area (Å²) in [5.41, 5.74) is 3.56. The van der Waals surface area contributed by atoms with E-state index in [4.69, 9.17) is 27.9 Å². The molecule has 0 saturated carbocycles. The second kappa shape index (κ2) is 5.28. The molecule has 3 heteroatoms. The second-order valence-electron chi connectivity index (χ2n) is 3.15. The summed E-state index contributed by atoms with van der Waals surface area (Å²) in [6.45, 7) is 4.38. The number of ether oxygens (including phenoxy) is 1. The van der Waals surface area contributed by atoms with Crippen LogP contribution in [0, 0.1) is 6.92 Å². The first-order chi connectivity index (χ1) is 6.63. The fourth-order valence-electron chi connectivity index (χ4n) is 0.953. The van der Waals surface area contributed by atoms with E-state index in [9.17, 15) is 0 Å². The zero-order valence-corrected chi connectivity index (χ0v) is 9.69. The Morgan fingerprint density at radius 1 is 1.50 bits per heavy atom. The molecule has 14 heavy (non-hydrogen) atoms. The van der Waals surface area contributed by atoms with Gasteiger partial charge in [-0.2, -0.15) is 0 Å². The van der Waals surface area contributed by atoms with Crippen LogP contribution in [-0.2, 0) is 0 Å². The highest BCUT2D eigenvalue weighted by atomic mass is 35.5. The third-order valence-corrected chi connectivity index (χ3v) is 2.40. The molecule has 0 aliphatic heterocycles. The summed E-state index contributed by atoms with van der Waals surface area (Å²) >= 11 is 11.4. The van der Waals surface area contributed by atoms with Crippen molar-refractivity contribution in [3.05, 3.63) is 39.9 Å². The molecule has 0 atom stereocenters. The van der Waals surface area contributed by atoms with Crippen molar-refractivity contribution in [2.24, 2.45) is 0 Å².